The van der Waals surface area contributed by atoms with E-state index in [1.54, 1.807) is 0 Å². The van der Waals surface area contributed by atoms with Gasteiger partial charge in [0.25, 0.3) is 0 Å². The lowest BCUT2D eigenvalue weighted by atomic mass is 9.99. The van der Waals surface area contributed by atoms with Crippen molar-refractivity contribution in [2.75, 3.05) is 0 Å². The average molecular weight is 279 g/mol. The summed E-state index contributed by atoms with van der Waals surface area (Å²) in [7, 11) is 0. The van der Waals surface area contributed by atoms with Crippen LogP contribution in [0, 0.1) is 13.8 Å². The van der Waals surface area contributed by atoms with Crippen molar-refractivity contribution in [3.63, 3.8) is 0 Å². The highest BCUT2D eigenvalue weighted by Crippen LogP contribution is 2.31. The first-order chi connectivity index (χ1) is 10.1. The Bertz CT molecular complexity index is 830. The molecule has 3 nitrogen and oxygen atoms in total. The van der Waals surface area contributed by atoms with Gasteiger partial charge in [-0.25, -0.2) is 0 Å². The van der Waals surface area contributed by atoms with Gasteiger partial charge in [0, 0.05) is 10.9 Å². The zero-order chi connectivity index (χ0) is 15.0. The van der Waals surface area contributed by atoms with Crippen LogP contribution in [0.15, 0.2) is 42.5 Å². The van der Waals surface area contributed by atoms with Crippen molar-refractivity contribution in [2.24, 2.45) is 0 Å². The number of aliphatic carboxylic acids is 1. The molecule has 0 aliphatic rings. The van der Waals surface area contributed by atoms with E-state index >= 15 is 0 Å². The Labute approximate surface area is 123 Å². The Morgan fingerprint density at radius 3 is 2.57 bits per heavy atom. The number of carbonyl (C=O) groups is 1. The first kappa shape index (κ1) is 13.4. The topological polar surface area (TPSA) is 53.1 Å². The summed E-state index contributed by atoms with van der Waals surface area (Å²) >= 11 is 0. The second-order valence-corrected chi connectivity index (χ2v) is 5.39. The van der Waals surface area contributed by atoms with Crippen LogP contribution >= 0.6 is 0 Å². The number of para-hydroxylation sites is 1. The molecule has 0 saturated heterocycles. The van der Waals surface area contributed by atoms with Gasteiger partial charge in [-0.2, -0.15) is 0 Å². The summed E-state index contributed by atoms with van der Waals surface area (Å²) < 4.78 is 0. The molecule has 0 radical (unpaired) electrons. The second kappa shape index (κ2) is 5.09. The molecule has 0 unspecified atom stereocenters. The van der Waals surface area contributed by atoms with Gasteiger partial charge in [-0.3, -0.25) is 4.79 Å². The minimum atomic E-state index is -0.815. The number of hydrogen-bond donors (Lipinski definition) is 2. The fourth-order valence-electron chi connectivity index (χ4n) is 2.68. The maximum atomic E-state index is 11.2. The number of carboxylic acids is 1. The van der Waals surface area contributed by atoms with Crippen LogP contribution < -0.4 is 0 Å². The number of fused-ring (bicyclic) bond motifs is 1. The van der Waals surface area contributed by atoms with Crippen LogP contribution in [0.1, 0.15) is 16.7 Å². The third kappa shape index (κ3) is 2.42. The van der Waals surface area contributed by atoms with Crippen LogP contribution in [0.5, 0.6) is 0 Å². The Morgan fingerprint density at radius 2 is 1.86 bits per heavy atom. The Morgan fingerprint density at radius 1 is 1.10 bits per heavy atom. The molecule has 2 aromatic carbocycles. The number of nitrogens with one attached hydrogen (secondary N) is 1. The monoisotopic (exact) mass is 279 g/mol. The SMILES string of the molecule is Cc1ccc(-c2[nH]c3ccccc3c2CC(=O)O)cc1C. The molecule has 3 aromatic rings. The van der Waals surface area contributed by atoms with Crippen LogP contribution in [-0.4, -0.2) is 16.1 Å². The highest BCUT2D eigenvalue weighted by molar-refractivity contribution is 5.93. The fraction of sp³-hybridized carbons (Fsp3) is 0.167. The minimum absolute atomic E-state index is 0.0201. The van der Waals surface area contributed by atoms with E-state index in [0.29, 0.717) is 0 Å². The summed E-state index contributed by atoms with van der Waals surface area (Å²) in [4.78, 5) is 14.6. The molecule has 3 rings (SSSR count). The summed E-state index contributed by atoms with van der Waals surface area (Å²) in [5.74, 6) is -0.815. The highest BCUT2D eigenvalue weighted by atomic mass is 16.4. The molecule has 0 aliphatic heterocycles. The summed E-state index contributed by atoms with van der Waals surface area (Å²) in [5, 5.41) is 10.2. The molecule has 1 heterocycles. The van der Waals surface area contributed by atoms with Gasteiger partial charge in [-0.1, -0.05) is 30.3 Å². The van der Waals surface area contributed by atoms with Gasteiger partial charge in [-0.05, 0) is 48.2 Å². The molecule has 0 bridgehead atoms. The molecule has 2 N–H and O–H groups in total. The lowest BCUT2D eigenvalue weighted by Gasteiger charge is -2.06. The maximum Gasteiger partial charge on any atom is 0.307 e. The normalized spacial score (nSPS) is 11.0. The van der Waals surface area contributed by atoms with Crippen molar-refractivity contribution >= 4 is 16.9 Å². The minimum Gasteiger partial charge on any atom is -0.481 e. The molecule has 0 atom stereocenters. The quantitative estimate of drug-likeness (QED) is 0.759. The van der Waals surface area contributed by atoms with Gasteiger partial charge in [-0.15, -0.1) is 0 Å². The molecule has 0 saturated carbocycles. The van der Waals surface area contributed by atoms with Gasteiger partial charge in [0.2, 0.25) is 0 Å². The van der Waals surface area contributed by atoms with Gasteiger partial charge in [0.15, 0.2) is 0 Å². The van der Waals surface area contributed by atoms with E-state index in [2.05, 4.69) is 31.0 Å². The molecule has 1 aromatic heterocycles. The third-order valence-electron chi connectivity index (χ3n) is 3.94. The molecule has 0 fully saturated rings. The number of H-pyrrole nitrogens is 1. The Kier molecular flexibility index (Phi) is 3.26. The molecular weight excluding hydrogens is 262 g/mol. The van der Waals surface area contributed by atoms with E-state index in [9.17, 15) is 9.90 Å². The van der Waals surface area contributed by atoms with Crippen molar-refractivity contribution in [1.29, 1.82) is 0 Å². The zero-order valence-corrected chi connectivity index (χ0v) is 12.1. The van der Waals surface area contributed by atoms with Crippen molar-refractivity contribution in [1.82, 2.24) is 4.98 Å². The van der Waals surface area contributed by atoms with Crippen LogP contribution in [0.3, 0.4) is 0 Å². The van der Waals surface area contributed by atoms with E-state index in [-0.39, 0.29) is 6.42 Å². The summed E-state index contributed by atoms with van der Waals surface area (Å²) in [6, 6.07) is 14.0. The number of aryl methyl sites for hydroxylation is 2. The standard InChI is InChI=1S/C18H17NO2/c1-11-7-8-13(9-12(11)2)18-15(10-17(20)21)14-5-3-4-6-16(14)19-18/h3-9,19H,10H2,1-2H3,(H,20,21). The first-order valence-corrected chi connectivity index (χ1v) is 6.95. The number of hydrogen-bond acceptors (Lipinski definition) is 1. The van der Waals surface area contributed by atoms with Crippen LogP contribution in [-0.2, 0) is 11.2 Å². The van der Waals surface area contributed by atoms with E-state index in [1.165, 1.54) is 11.1 Å². The van der Waals surface area contributed by atoms with E-state index in [4.69, 9.17) is 0 Å². The van der Waals surface area contributed by atoms with Crippen molar-refractivity contribution < 1.29 is 9.90 Å². The number of benzene rings is 2. The van der Waals surface area contributed by atoms with Crippen LogP contribution in [0.4, 0.5) is 0 Å². The third-order valence-corrected chi connectivity index (χ3v) is 3.94. The smallest absolute Gasteiger partial charge is 0.307 e. The largest absolute Gasteiger partial charge is 0.481 e. The Balaban J connectivity index is 2.25. The average Bonchev–Trinajstić information content (AvgIpc) is 2.80. The molecular formula is C18H17NO2. The molecule has 3 heteroatoms. The summed E-state index contributed by atoms with van der Waals surface area (Å²) in [5.41, 5.74) is 6.19. The van der Waals surface area contributed by atoms with Gasteiger partial charge in [0.1, 0.15) is 0 Å². The highest BCUT2D eigenvalue weighted by Gasteiger charge is 2.15. The lowest BCUT2D eigenvalue weighted by molar-refractivity contribution is -0.136. The molecule has 0 amide bonds. The first-order valence-electron chi connectivity index (χ1n) is 6.95. The van der Waals surface area contributed by atoms with Gasteiger partial charge in [0.05, 0.1) is 12.1 Å². The predicted molar refractivity (Wildman–Crippen MR) is 84.5 cm³/mol. The number of aromatic nitrogens is 1. The van der Waals surface area contributed by atoms with Crippen molar-refractivity contribution in [3.8, 4) is 11.3 Å². The number of carboxylic acid groups (broad SMARTS) is 1. The molecule has 21 heavy (non-hydrogen) atoms. The van der Waals surface area contributed by atoms with Gasteiger partial charge < -0.3 is 10.1 Å². The number of aromatic amines is 1. The zero-order valence-electron chi connectivity index (χ0n) is 12.1. The van der Waals surface area contributed by atoms with E-state index in [0.717, 1.165) is 27.7 Å². The van der Waals surface area contributed by atoms with Crippen molar-refractivity contribution in [2.45, 2.75) is 20.3 Å². The van der Waals surface area contributed by atoms with Gasteiger partial charge >= 0.3 is 5.97 Å². The molecule has 0 aliphatic carbocycles. The number of rotatable bonds is 3. The van der Waals surface area contributed by atoms with Crippen molar-refractivity contribution in [3.05, 3.63) is 59.2 Å². The van der Waals surface area contributed by atoms with E-state index < -0.39 is 5.97 Å². The summed E-state index contributed by atoms with van der Waals surface area (Å²) in [6.07, 6.45) is 0.0201. The fourth-order valence-corrected chi connectivity index (χ4v) is 2.68. The van der Waals surface area contributed by atoms with Crippen LogP contribution in [0.25, 0.3) is 22.2 Å². The predicted octanol–water partition coefficient (Wildman–Crippen LogP) is 4.08. The lowest BCUT2D eigenvalue weighted by Crippen LogP contribution is -2.01. The van der Waals surface area contributed by atoms with E-state index in [1.807, 2.05) is 30.3 Å². The maximum absolute atomic E-state index is 11.2. The molecule has 106 valence electrons. The molecule has 0 spiro atoms. The van der Waals surface area contributed by atoms with Crippen LogP contribution in [0.2, 0.25) is 0 Å². The second-order valence-electron chi connectivity index (χ2n) is 5.39. The summed E-state index contributed by atoms with van der Waals surface area (Å²) in [6.45, 7) is 4.14. The Hall–Kier alpha value is -2.55.